The van der Waals surface area contributed by atoms with E-state index in [0.717, 1.165) is 10.5 Å². The first-order chi connectivity index (χ1) is 7.65. The van der Waals surface area contributed by atoms with E-state index in [2.05, 4.69) is 26.2 Å². The van der Waals surface area contributed by atoms with Crippen molar-refractivity contribution in [1.82, 2.24) is 4.98 Å². The fourth-order valence-electron chi connectivity index (χ4n) is 1.24. The smallest absolute Gasteiger partial charge is 0.144 e. The number of pyridine rings is 1. The first-order valence-electron chi connectivity index (χ1n) is 4.49. The minimum atomic E-state index is -0.630. The van der Waals surface area contributed by atoms with Gasteiger partial charge in [0.05, 0.1) is 4.47 Å². The Balaban J connectivity index is 2.30. The van der Waals surface area contributed by atoms with Crippen LogP contribution < -0.4 is 5.32 Å². The third-order valence-corrected chi connectivity index (χ3v) is 2.52. The van der Waals surface area contributed by atoms with E-state index < -0.39 is 11.6 Å². The Hall–Kier alpha value is -1.49. The van der Waals surface area contributed by atoms with Gasteiger partial charge in [0.15, 0.2) is 0 Å². The third-order valence-electron chi connectivity index (χ3n) is 1.88. The molecule has 2 rings (SSSR count). The average molecular weight is 285 g/mol. The standard InChI is InChI=1S/C11H7BrF2N2/c12-10-2-1-3-15-11(10)16-9-5-7(13)4-8(14)6-9/h1-6H,(H,15,16). The van der Waals surface area contributed by atoms with Gasteiger partial charge in [-0.15, -0.1) is 0 Å². The van der Waals surface area contributed by atoms with Gasteiger partial charge in [-0.3, -0.25) is 0 Å². The summed E-state index contributed by atoms with van der Waals surface area (Å²) in [7, 11) is 0. The Labute approximate surface area is 99.5 Å². The Morgan fingerprint density at radius 3 is 2.44 bits per heavy atom. The lowest BCUT2D eigenvalue weighted by molar-refractivity contribution is 0.584. The average Bonchev–Trinajstić information content (AvgIpc) is 2.20. The van der Waals surface area contributed by atoms with E-state index in [9.17, 15) is 8.78 Å². The predicted molar refractivity (Wildman–Crippen MR) is 61.6 cm³/mol. The third kappa shape index (κ3) is 2.55. The van der Waals surface area contributed by atoms with E-state index >= 15 is 0 Å². The molecule has 0 saturated heterocycles. The van der Waals surface area contributed by atoms with Gasteiger partial charge in [0.25, 0.3) is 0 Å². The molecule has 1 N–H and O–H groups in total. The molecule has 82 valence electrons. The van der Waals surface area contributed by atoms with Crippen molar-refractivity contribution in [2.45, 2.75) is 0 Å². The SMILES string of the molecule is Fc1cc(F)cc(Nc2ncccc2Br)c1. The Morgan fingerprint density at radius 1 is 1.12 bits per heavy atom. The minimum absolute atomic E-state index is 0.317. The van der Waals surface area contributed by atoms with Crippen LogP contribution >= 0.6 is 15.9 Å². The highest BCUT2D eigenvalue weighted by atomic mass is 79.9. The van der Waals surface area contributed by atoms with Gasteiger partial charge in [-0.05, 0) is 40.2 Å². The highest BCUT2D eigenvalue weighted by Gasteiger charge is 2.03. The number of anilines is 2. The van der Waals surface area contributed by atoms with Crippen LogP contribution in [0.4, 0.5) is 20.3 Å². The fourth-order valence-corrected chi connectivity index (χ4v) is 1.59. The van der Waals surface area contributed by atoms with Crippen molar-refractivity contribution in [3.8, 4) is 0 Å². The van der Waals surface area contributed by atoms with E-state index in [4.69, 9.17) is 0 Å². The topological polar surface area (TPSA) is 24.9 Å². The summed E-state index contributed by atoms with van der Waals surface area (Å²) < 4.78 is 26.6. The molecule has 0 atom stereocenters. The summed E-state index contributed by atoms with van der Waals surface area (Å²) in [5, 5.41) is 2.82. The summed E-state index contributed by atoms with van der Waals surface area (Å²) in [6.07, 6.45) is 1.59. The molecule has 1 heterocycles. The number of nitrogens with zero attached hydrogens (tertiary/aromatic N) is 1. The van der Waals surface area contributed by atoms with Crippen LogP contribution in [0.15, 0.2) is 41.0 Å². The lowest BCUT2D eigenvalue weighted by Crippen LogP contribution is -1.95. The summed E-state index contributed by atoms with van der Waals surface area (Å²) in [6.45, 7) is 0. The molecule has 0 aliphatic rings. The maximum absolute atomic E-state index is 12.9. The van der Waals surface area contributed by atoms with Gasteiger partial charge in [0.1, 0.15) is 17.5 Å². The highest BCUT2D eigenvalue weighted by molar-refractivity contribution is 9.10. The van der Waals surface area contributed by atoms with Gasteiger partial charge >= 0.3 is 0 Å². The summed E-state index contributed by atoms with van der Waals surface area (Å²) in [4.78, 5) is 4.03. The van der Waals surface area contributed by atoms with Gasteiger partial charge in [-0.2, -0.15) is 0 Å². The molecule has 0 aliphatic heterocycles. The van der Waals surface area contributed by atoms with Crippen molar-refractivity contribution in [2.24, 2.45) is 0 Å². The van der Waals surface area contributed by atoms with E-state index in [1.807, 2.05) is 0 Å². The second kappa shape index (κ2) is 4.57. The van der Waals surface area contributed by atoms with Gasteiger partial charge in [-0.1, -0.05) is 0 Å². The molecule has 1 aromatic heterocycles. The maximum atomic E-state index is 12.9. The Morgan fingerprint density at radius 2 is 1.81 bits per heavy atom. The molecule has 0 amide bonds. The molecule has 0 unspecified atom stereocenters. The van der Waals surface area contributed by atoms with Crippen LogP contribution in [0.2, 0.25) is 0 Å². The number of aromatic nitrogens is 1. The van der Waals surface area contributed by atoms with E-state index in [-0.39, 0.29) is 0 Å². The lowest BCUT2D eigenvalue weighted by atomic mass is 10.3. The van der Waals surface area contributed by atoms with E-state index in [1.54, 1.807) is 18.3 Å². The highest BCUT2D eigenvalue weighted by Crippen LogP contribution is 2.23. The monoisotopic (exact) mass is 284 g/mol. The second-order valence-corrected chi connectivity index (χ2v) is 3.97. The van der Waals surface area contributed by atoms with Crippen LogP contribution in [0.5, 0.6) is 0 Å². The molecule has 0 saturated carbocycles. The Bertz CT molecular complexity index is 497. The van der Waals surface area contributed by atoms with Crippen LogP contribution in [0.25, 0.3) is 0 Å². The quantitative estimate of drug-likeness (QED) is 0.906. The molecule has 1 aromatic carbocycles. The predicted octanol–water partition coefficient (Wildman–Crippen LogP) is 3.87. The summed E-state index contributed by atoms with van der Waals surface area (Å²) in [5.74, 6) is -0.753. The number of benzene rings is 1. The van der Waals surface area contributed by atoms with Gasteiger partial charge in [0.2, 0.25) is 0 Å². The number of halogens is 3. The molecule has 0 radical (unpaired) electrons. The molecule has 5 heteroatoms. The molecule has 16 heavy (non-hydrogen) atoms. The largest absolute Gasteiger partial charge is 0.339 e. The minimum Gasteiger partial charge on any atom is -0.339 e. The summed E-state index contributed by atoms with van der Waals surface area (Å²) in [5.41, 5.74) is 0.317. The number of rotatable bonds is 2. The van der Waals surface area contributed by atoms with Crippen molar-refractivity contribution in [3.63, 3.8) is 0 Å². The summed E-state index contributed by atoms with van der Waals surface area (Å²) >= 11 is 3.28. The van der Waals surface area contributed by atoms with Crippen molar-refractivity contribution < 1.29 is 8.78 Å². The number of nitrogens with one attached hydrogen (secondary N) is 1. The fraction of sp³-hybridized carbons (Fsp3) is 0. The first kappa shape index (κ1) is 11.0. The van der Waals surface area contributed by atoms with Crippen LogP contribution in [-0.2, 0) is 0 Å². The van der Waals surface area contributed by atoms with Gasteiger partial charge in [-0.25, -0.2) is 13.8 Å². The zero-order valence-electron chi connectivity index (χ0n) is 8.05. The summed E-state index contributed by atoms with van der Waals surface area (Å²) in [6, 6.07) is 6.75. The van der Waals surface area contributed by atoms with Crippen LogP contribution in [-0.4, -0.2) is 4.98 Å². The van der Waals surface area contributed by atoms with Crippen molar-refractivity contribution in [3.05, 3.63) is 52.6 Å². The zero-order valence-corrected chi connectivity index (χ0v) is 9.63. The van der Waals surface area contributed by atoms with Gasteiger partial charge in [0, 0.05) is 18.0 Å². The van der Waals surface area contributed by atoms with Crippen LogP contribution in [0.1, 0.15) is 0 Å². The maximum Gasteiger partial charge on any atom is 0.144 e. The molecular formula is C11H7BrF2N2. The second-order valence-electron chi connectivity index (χ2n) is 3.12. The van der Waals surface area contributed by atoms with Crippen LogP contribution in [0.3, 0.4) is 0 Å². The zero-order chi connectivity index (χ0) is 11.5. The Kier molecular flexibility index (Phi) is 3.14. The van der Waals surface area contributed by atoms with E-state index in [0.29, 0.717) is 11.5 Å². The molecule has 2 aromatic rings. The first-order valence-corrected chi connectivity index (χ1v) is 5.28. The normalized spacial score (nSPS) is 10.2. The number of hydrogen-bond acceptors (Lipinski definition) is 2. The van der Waals surface area contributed by atoms with Crippen molar-refractivity contribution in [1.29, 1.82) is 0 Å². The van der Waals surface area contributed by atoms with Crippen molar-refractivity contribution in [2.75, 3.05) is 5.32 Å². The van der Waals surface area contributed by atoms with Crippen LogP contribution in [0, 0.1) is 11.6 Å². The molecule has 0 bridgehead atoms. The van der Waals surface area contributed by atoms with Gasteiger partial charge < -0.3 is 5.32 Å². The van der Waals surface area contributed by atoms with E-state index in [1.165, 1.54) is 12.1 Å². The molecule has 0 spiro atoms. The molecular weight excluding hydrogens is 278 g/mol. The lowest BCUT2D eigenvalue weighted by Gasteiger charge is -2.07. The molecule has 2 nitrogen and oxygen atoms in total. The van der Waals surface area contributed by atoms with Crippen molar-refractivity contribution >= 4 is 27.4 Å². The molecule has 0 aliphatic carbocycles. The molecule has 0 fully saturated rings. The number of hydrogen-bond donors (Lipinski definition) is 1.